The highest BCUT2D eigenvalue weighted by molar-refractivity contribution is 9.10. The van der Waals surface area contributed by atoms with Gasteiger partial charge >= 0.3 is 0 Å². The van der Waals surface area contributed by atoms with Gasteiger partial charge in [0.25, 0.3) is 0 Å². The minimum Gasteiger partial charge on any atom is -0.340 e. The Bertz CT molecular complexity index is 1170. The van der Waals surface area contributed by atoms with Crippen molar-refractivity contribution >= 4 is 49.3 Å². The van der Waals surface area contributed by atoms with Gasteiger partial charge in [-0.15, -0.1) is 0 Å². The van der Waals surface area contributed by atoms with Crippen LogP contribution in [0.15, 0.2) is 82.1 Å². The lowest BCUT2D eigenvalue weighted by molar-refractivity contribution is -0.116. The maximum absolute atomic E-state index is 12.8. The van der Waals surface area contributed by atoms with E-state index in [1.807, 2.05) is 72.8 Å². The molecule has 4 aromatic rings. The lowest BCUT2D eigenvalue weighted by Gasteiger charge is -2.15. The zero-order chi connectivity index (χ0) is 19.5. The van der Waals surface area contributed by atoms with E-state index in [2.05, 4.69) is 25.8 Å². The first-order valence-electron chi connectivity index (χ1n) is 9.20. The molecule has 3 aromatic carbocycles. The Kier molecular flexibility index (Phi) is 5.26. The normalized spacial score (nSPS) is 11.0. The van der Waals surface area contributed by atoms with Gasteiger partial charge in [0.15, 0.2) is 5.43 Å². The molecule has 0 unspecified atom stereocenters. The van der Waals surface area contributed by atoms with E-state index in [0.29, 0.717) is 30.2 Å². The van der Waals surface area contributed by atoms with Crippen LogP contribution in [0.3, 0.4) is 0 Å². The fourth-order valence-corrected chi connectivity index (χ4v) is 3.87. The number of halogens is 1. The third kappa shape index (κ3) is 3.58. The van der Waals surface area contributed by atoms with Crippen molar-refractivity contribution in [1.82, 2.24) is 4.57 Å². The summed E-state index contributed by atoms with van der Waals surface area (Å²) < 4.78 is 3.00. The fraction of sp³-hybridized carbons (Fsp3) is 0.130. The van der Waals surface area contributed by atoms with E-state index in [4.69, 9.17) is 0 Å². The second-order valence-corrected chi connectivity index (χ2v) is 7.50. The summed E-state index contributed by atoms with van der Waals surface area (Å²) in [5, 5.41) is 4.35. The zero-order valence-electron chi connectivity index (χ0n) is 15.2. The zero-order valence-corrected chi connectivity index (χ0v) is 16.8. The number of aromatic nitrogens is 1. The highest BCUT2D eigenvalue weighted by atomic mass is 79.9. The SMILES string of the molecule is O=C(CCCn1c2ccccc2c(=O)c2ccccc21)Nc1ccccc1Br. The number of amides is 1. The van der Waals surface area contributed by atoms with Gasteiger partial charge in [0.2, 0.25) is 5.91 Å². The smallest absolute Gasteiger partial charge is 0.224 e. The number of nitrogens with zero attached hydrogens (tertiary/aromatic N) is 1. The number of carbonyl (C=O) groups excluding carboxylic acids is 1. The molecule has 28 heavy (non-hydrogen) atoms. The van der Waals surface area contributed by atoms with E-state index < -0.39 is 0 Å². The molecule has 1 heterocycles. The first-order valence-corrected chi connectivity index (χ1v) is 9.99. The molecule has 0 bridgehead atoms. The molecule has 1 aromatic heterocycles. The molecule has 0 saturated carbocycles. The number of hydrogen-bond donors (Lipinski definition) is 1. The number of aryl methyl sites for hydroxylation is 1. The predicted molar refractivity (Wildman–Crippen MR) is 118 cm³/mol. The van der Waals surface area contributed by atoms with Crippen molar-refractivity contribution in [3.8, 4) is 0 Å². The van der Waals surface area contributed by atoms with Crippen LogP contribution in [0.1, 0.15) is 12.8 Å². The Labute approximate surface area is 170 Å². The molecule has 0 saturated heterocycles. The number of carbonyl (C=O) groups is 1. The first-order chi connectivity index (χ1) is 13.6. The van der Waals surface area contributed by atoms with Crippen LogP contribution in [0, 0.1) is 0 Å². The molecule has 4 nitrogen and oxygen atoms in total. The van der Waals surface area contributed by atoms with Gasteiger partial charge < -0.3 is 9.88 Å². The van der Waals surface area contributed by atoms with Crippen LogP contribution in [0.4, 0.5) is 5.69 Å². The van der Waals surface area contributed by atoms with Crippen molar-refractivity contribution in [2.75, 3.05) is 5.32 Å². The Morgan fingerprint density at radius 3 is 2.07 bits per heavy atom. The van der Waals surface area contributed by atoms with Gasteiger partial charge in [-0.25, -0.2) is 0 Å². The third-order valence-electron chi connectivity index (χ3n) is 4.81. The molecular formula is C23H19BrN2O2. The van der Waals surface area contributed by atoms with Crippen LogP contribution in [-0.2, 0) is 11.3 Å². The van der Waals surface area contributed by atoms with Crippen molar-refractivity contribution in [3.05, 3.63) is 87.5 Å². The minimum absolute atomic E-state index is 0.0263. The topological polar surface area (TPSA) is 51.1 Å². The molecule has 0 radical (unpaired) electrons. The molecule has 1 amide bonds. The monoisotopic (exact) mass is 434 g/mol. The van der Waals surface area contributed by atoms with E-state index >= 15 is 0 Å². The van der Waals surface area contributed by atoms with Gasteiger partial charge in [-0.05, 0) is 58.7 Å². The average molecular weight is 435 g/mol. The number of fused-ring (bicyclic) bond motifs is 2. The molecule has 0 aliphatic rings. The highest BCUT2D eigenvalue weighted by Gasteiger charge is 2.11. The lowest BCUT2D eigenvalue weighted by Crippen LogP contribution is -2.15. The summed E-state index contributed by atoms with van der Waals surface area (Å²) >= 11 is 3.44. The quantitative estimate of drug-likeness (QED) is 0.431. The van der Waals surface area contributed by atoms with Gasteiger partial charge in [0.05, 0.1) is 16.7 Å². The van der Waals surface area contributed by atoms with Crippen LogP contribution in [0.2, 0.25) is 0 Å². The minimum atomic E-state index is -0.0263. The van der Waals surface area contributed by atoms with Crippen LogP contribution < -0.4 is 10.7 Å². The lowest BCUT2D eigenvalue weighted by atomic mass is 10.1. The van der Waals surface area contributed by atoms with Crippen molar-refractivity contribution in [1.29, 1.82) is 0 Å². The van der Waals surface area contributed by atoms with Gasteiger partial charge in [0, 0.05) is 28.2 Å². The largest absolute Gasteiger partial charge is 0.340 e. The second kappa shape index (κ2) is 7.98. The fourth-order valence-electron chi connectivity index (χ4n) is 3.49. The van der Waals surface area contributed by atoms with Crippen molar-refractivity contribution < 1.29 is 4.79 Å². The van der Waals surface area contributed by atoms with Gasteiger partial charge in [0.1, 0.15) is 0 Å². The standard InChI is InChI=1S/C23H19BrN2O2/c24-18-10-3-4-11-19(18)25-22(27)14-7-15-26-20-12-5-1-8-16(20)23(28)17-9-2-6-13-21(17)26/h1-6,8-13H,7,14-15H2,(H,25,27). The number of nitrogens with one attached hydrogen (secondary N) is 1. The number of para-hydroxylation sites is 3. The van der Waals surface area contributed by atoms with E-state index in [1.165, 1.54) is 0 Å². The van der Waals surface area contributed by atoms with Gasteiger partial charge in [-0.3, -0.25) is 9.59 Å². The Morgan fingerprint density at radius 2 is 1.43 bits per heavy atom. The molecule has 5 heteroatoms. The number of hydrogen-bond acceptors (Lipinski definition) is 2. The molecule has 0 aliphatic heterocycles. The van der Waals surface area contributed by atoms with E-state index in [-0.39, 0.29) is 11.3 Å². The maximum Gasteiger partial charge on any atom is 0.224 e. The third-order valence-corrected chi connectivity index (χ3v) is 5.50. The maximum atomic E-state index is 12.8. The van der Waals surface area contributed by atoms with E-state index in [9.17, 15) is 9.59 Å². The molecule has 0 atom stereocenters. The molecule has 0 aliphatic carbocycles. The van der Waals surface area contributed by atoms with Gasteiger partial charge in [-0.1, -0.05) is 36.4 Å². The molecular weight excluding hydrogens is 416 g/mol. The summed E-state index contributed by atoms with van der Waals surface area (Å²) in [7, 11) is 0. The number of benzene rings is 3. The highest BCUT2D eigenvalue weighted by Crippen LogP contribution is 2.22. The molecule has 4 rings (SSSR count). The summed E-state index contributed by atoms with van der Waals surface area (Å²) in [5.74, 6) is -0.0263. The Morgan fingerprint density at radius 1 is 0.857 bits per heavy atom. The van der Waals surface area contributed by atoms with Crippen molar-refractivity contribution in [3.63, 3.8) is 0 Å². The molecule has 0 fully saturated rings. The Hall–Kier alpha value is -2.92. The van der Waals surface area contributed by atoms with Crippen LogP contribution >= 0.6 is 15.9 Å². The summed E-state index contributed by atoms with van der Waals surface area (Å²) in [6.45, 7) is 0.657. The van der Waals surface area contributed by atoms with Gasteiger partial charge in [-0.2, -0.15) is 0 Å². The predicted octanol–water partition coefficient (Wildman–Crippen LogP) is 5.34. The van der Waals surface area contributed by atoms with E-state index in [0.717, 1.165) is 21.2 Å². The Balaban J connectivity index is 1.58. The number of pyridine rings is 1. The molecule has 1 N–H and O–H groups in total. The second-order valence-electron chi connectivity index (χ2n) is 6.65. The summed E-state index contributed by atoms with van der Waals surface area (Å²) in [6, 6.07) is 22.8. The van der Waals surface area contributed by atoms with Crippen LogP contribution in [0.5, 0.6) is 0 Å². The van der Waals surface area contributed by atoms with E-state index in [1.54, 1.807) is 0 Å². The number of rotatable bonds is 5. The number of anilines is 1. The average Bonchev–Trinajstić information content (AvgIpc) is 2.72. The van der Waals surface area contributed by atoms with Crippen molar-refractivity contribution in [2.24, 2.45) is 0 Å². The van der Waals surface area contributed by atoms with Crippen LogP contribution in [-0.4, -0.2) is 10.5 Å². The van der Waals surface area contributed by atoms with Crippen molar-refractivity contribution in [2.45, 2.75) is 19.4 Å². The first kappa shape index (κ1) is 18.4. The summed E-state index contributed by atoms with van der Waals surface area (Å²) in [5.41, 5.74) is 2.62. The van der Waals surface area contributed by atoms with Crippen LogP contribution in [0.25, 0.3) is 21.8 Å². The summed E-state index contributed by atoms with van der Waals surface area (Å²) in [4.78, 5) is 25.1. The molecule has 0 spiro atoms. The molecule has 140 valence electrons. The summed E-state index contributed by atoms with van der Waals surface area (Å²) in [6.07, 6.45) is 1.07.